The third kappa shape index (κ3) is 10.2. The van der Waals surface area contributed by atoms with Crippen molar-refractivity contribution in [1.82, 2.24) is 0 Å². The summed E-state index contributed by atoms with van der Waals surface area (Å²) < 4.78 is 45.0. The van der Waals surface area contributed by atoms with Crippen LogP contribution < -0.4 is 0 Å². The zero-order chi connectivity index (χ0) is 26.9. The molecule has 0 saturated heterocycles. The van der Waals surface area contributed by atoms with E-state index in [1.54, 1.807) is 24.3 Å². The summed E-state index contributed by atoms with van der Waals surface area (Å²) in [6, 6.07) is 9.15. The lowest BCUT2D eigenvalue weighted by Crippen LogP contribution is -2.18. The van der Waals surface area contributed by atoms with E-state index >= 15 is 0 Å². The number of halogens is 12. The summed E-state index contributed by atoms with van der Waals surface area (Å²) in [5.41, 5.74) is 0.990. The summed E-state index contributed by atoms with van der Waals surface area (Å²) in [5.74, 6) is 0. The molecule has 0 bridgehead atoms. The van der Waals surface area contributed by atoms with Gasteiger partial charge in [-0.15, -0.1) is 0 Å². The normalized spacial score (nSPS) is 13.3. The molecule has 0 radical (unpaired) electrons. The van der Waals surface area contributed by atoms with Crippen LogP contribution in [-0.4, -0.2) is 21.9 Å². The van der Waals surface area contributed by atoms with Gasteiger partial charge in [-0.1, -0.05) is 94.7 Å². The maximum absolute atomic E-state index is 12.1. The molecule has 0 aromatic heterocycles. The standard InChI is InChI=1S/C9H6Br6O2S.C7H2Br3Cl3O2S/c10-8(11,12)5-6-1-3-7(4-2-6)18(16,17)9(13,14)15;8-7(9,10)16(14,15)6-2-4(12)3(11)1-5(6)13/h1-4H,5H2;1-2H. The van der Waals surface area contributed by atoms with Gasteiger partial charge in [0.2, 0.25) is 22.6 Å². The largest absolute Gasteiger partial charge is 0.239 e. The average molecular weight is 1150 g/mol. The highest BCUT2D eigenvalue weighted by atomic mass is 80.0. The molecule has 0 aliphatic heterocycles. The van der Waals surface area contributed by atoms with Crippen LogP contribution in [0.2, 0.25) is 15.1 Å². The molecule has 0 amide bonds. The Morgan fingerprint density at radius 1 is 0.618 bits per heavy atom. The van der Waals surface area contributed by atoms with E-state index < -0.39 is 22.6 Å². The summed E-state index contributed by atoms with van der Waals surface area (Å²) in [6.07, 6.45) is 0.662. The summed E-state index contributed by atoms with van der Waals surface area (Å²) >= 11 is 45.3. The molecule has 2 aromatic rings. The van der Waals surface area contributed by atoms with E-state index in [9.17, 15) is 16.8 Å². The van der Waals surface area contributed by atoms with Gasteiger partial charge in [-0.3, -0.25) is 0 Å². The topological polar surface area (TPSA) is 68.3 Å². The molecule has 0 fully saturated rings. The van der Waals surface area contributed by atoms with Gasteiger partial charge < -0.3 is 0 Å². The molecule has 0 atom stereocenters. The van der Waals surface area contributed by atoms with Crippen LogP contribution in [0.3, 0.4) is 0 Å². The molecule has 34 heavy (non-hydrogen) atoms. The lowest BCUT2D eigenvalue weighted by atomic mass is 10.2. The third-order valence-corrected chi connectivity index (χ3v) is 16.2. The summed E-state index contributed by atoms with van der Waals surface area (Å²) in [7, 11) is -7.29. The Bertz CT molecular complexity index is 1240. The van der Waals surface area contributed by atoms with E-state index in [1.807, 2.05) is 0 Å². The smallest absolute Gasteiger partial charge is 0.220 e. The van der Waals surface area contributed by atoms with Crippen molar-refractivity contribution in [2.75, 3.05) is 0 Å². The number of sulfone groups is 2. The molecule has 2 aromatic carbocycles. The predicted molar refractivity (Wildman–Crippen MR) is 175 cm³/mol. The Balaban J connectivity index is 0.000000342. The SMILES string of the molecule is O=S(=O)(c1cc(Cl)c(Cl)cc1Cl)C(Br)(Br)Br.O=S(=O)(c1ccc(CC(Br)(Br)Br)cc1)C(Br)(Br)Br. The number of alkyl halides is 9. The fraction of sp³-hybridized carbons (Fsp3) is 0.250. The molecule has 0 heterocycles. The van der Waals surface area contributed by atoms with Gasteiger partial charge in [-0.25, -0.2) is 16.8 Å². The second-order valence-electron chi connectivity index (χ2n) is 6.03. The summed E-state index contributed by atoms with van der Waals surface area (Å²) in [4.78, 5) is 0.0929. The second-order valence-corrected chi connectivity index (χ2v) is 35.3. The van der Waals surface area contributed by atoms with Crippen LogP contribution in [0.25, 0.3) is 0 Å². The van der Waals surface area contributed by atoms with Crippen LogP contribution in [-0.2, 0) is 26.1 Å². The lowest BCUT2D eigenvalue weighted by Gasteiger charge is -2.15. The maximum Gasteiger partial charge on any atom is 0.239 e. The molecular formula is C16H8Br9Cl3O4S2. The Hall–Kier alpha value is 3.53. The average Bonchev–Trinajstić information content (AvgIpc) is 2.62. The first kappa shape index (κ1) is 35.6. The first-order chi connectivity index (χ1) is 15.0. The molecule has 18 heteroatoms. The van der Waals surface area contributed by atoms with Gasteiger partial charge in [-0.05, 0) is 125 Å². The summed E-state index contributed by atoms with van der Waals surface area (Å²) in [6.45, 7) is 0. The minimum atomic E-state index is -3.77. The number of hydrogen-bond acceptors (Lipinski definition) is 4. The minimum absolute atomic E-state index is 0.00266. The monoisotopic (exact) mass is 1140 g/mol. The molecule has 0 aliphatic rings. The van der Waals surface area contributed by atoms with Crippen molar-refractivity contribution in [3.8, 4) is 0 Å². The maximum atomic E-state index is 12.1. The Morgan fingerprint density at radius 2 is 1.03 bits per heavy atom. The number of benzene rings is 2. The number of hydrogen-bond donors (Lipinski definition) is 0. The van der Waals surface area contributed by atoms with E-state index in [1.165, 1.54) is 12.1 Å². The molecule has 0 unspecified atom stereocenters. The van der Waals surface area contributed by atoms with Crippen LogP contribution in [0.5, 0.6) is 0 Å². The minimum Gasteiger partial charge on any atom is -0.220 e. The van der Waals surface area contributed by atoms with Gasteiger partial charge in [0.05, 0.1) is 24.9 Å². The van der Waals surface area contributed by atoms with Crippen LogP contribution in [0, 0.1) is 0 Å². The van der Waals surface area contributed by atoms with Crippen LogP contribution in [0.15, 0.2) is 46.2 Å². The van der Waals surface area contributed by atoms with Crippen LogP contribution >= 0.6 is 178 Å². The molecule has 4 nitrogen and oxygen atoms in total. The van der Waals surface area contributed by atoms with Gasteiger partial charge in [-0.2, -0.15) is 0 Å². The molecule has 0 aliphatic carbocycles. The Kier molecular flexibility index (Phi) is 14.1. The quantitative estimate of drug-likeness (QED) is 0.227. The molecular weight excluding hydrogens is 1150 g/mol. The van der Waals surface area contributed by atoms with E-state index in [2.05, 4.69) is 143 Å². The van der Waals surface area contributed by atoms with Gasteiger partial charge in [0.1, 0.15) is 2.14 Å². The van der Waals surface area contributed by atoms with Crippen molar-refractivity contribution in [3.63, 3.8) is 0 Å². The van der Waals surface area contributed by atoms with Crippen molar-refractivity contribution in [3.05, 3.63) is 57.0 Å². The van der Waals surface area contributed by atoms with E-state index in [0.717, 1.165) is 5.56 Å². The van der Waals surface area contributed by atoms with Crippen molar-refractivity contribution in [2.45, 2.75) is 21.3 Å². The fourth-order valence-electron chi connectivity index (χ4n) is 1.99. The molecule has 0 saturated carbocycles. The first-order valence-electron chi connectivity index (χ1n) is 7.93. The molecule has 0 spiro atoms. The van der Waals surface area contributed by atoms with Crippen molar-refractivity contribution < 1.29 is 16.8 Å². The Morgan fingerprint density at radius 3 is 1.41 bits per heavy atom. The lowest BCUT2D eigenvalue weighted by molar-refractivity contribution is 0.597. The fourth-order valence-corrected chi connectivity index (χ4v) is 8.73. The first-order valence-corrected chi connectivity index (χ1v) is 19.2. The van der Waals surface area contributed by atoms with Crippen molar-refractivity contribution in [2.24, 2.45) is 0 Å². The Labute approximate surface area is 288 Å². The van der Waals surface area contributed by atoms with E-state index in [4.69, 9.17) is 34.8 Å². The van der Waals surface area contributed by atoms with Crippen LogP contribution in [0.1, 0.15) is 5.56 Å². The van der Waals surface area contributed by atoms with Crippen molar-refractivity contribution in [1.29, 1.82) is 0 Å². The molecule has 192 valence electrons. The van der Waals surface area contributed by atoms with Gasteiger partial charge in [0, 0.05) is 6.42 Å². The van der Waals surface area contributed by atoms with Gasteiger partial charge >= 0.3 is 0 Å². The molecule has 2 rings (SSSR count). The molecule has 0 N–H and O–H groups in total. The highest BCUT2D eigenvalue weighted by molar-refractivity contribution is 9.42. The van der Waals surface area contributed by atoms with E-state index in [-0.39, 0.29) is 27.0 Å². The highest BCUT2D eigenvalue weighted by Gasteiger charge is 2.39. The van der Waals surface area contributed by atoms with Gasteiger partial charge in [0.25, 0.3) is 0 Å². The third-order valence-electron chi connectivity index (χ3n) is 3.51. The predicted octanol–water partition coefficient (Wildman–Crippen LogP) is 10.9. The highest BCUT2D eigenvalue weighted by Crippen LogP contribution is 2.46. The van der Waals surface area contributed by atoms with Gasteiger partial charge in [0.15, 0.2) is 0 Å². The van der Waals surface area contributed by atoms with Crippen molar-refractivity contribution >= 4 is 198 Å². The van der Waals surface area contributed by atoms with Crippen LogP contribution in [0.4, 0.5) is 0 Å². The second kappa shape index (κ2) is 13.5. The summed E-state index contributed by atoms with van der Waals surface area (Å²) in [5, 5.41) is 0.299. The number of rotatable bonds is 3. The van der Waals surface area contributed by atoms with E-state index in [0.29, 0.717) is 6.42 Å². The zero-order valence-corrected chi connectivity index (χ0v) is 33.8. The zero-order valence-electron chi connectivity index (χ0n) is 15.7.